The normalized spacial score (nSPS) is 12.7. The first kappa shape index (κ1) is 15.3. The lowest BCUT2D eigenvalue weighted by molar-refractivity contribution is -0.121. The largest absolute Gasteiger partial charge is 0.352 e. The van der Waals surface area contributed by atoms with E-state index < -0.39 is 0 Å². The molecular formula is C19H20N2O2. The van der Waals surface area contributed by atoms with Gasteiger partial charge in [0.15, 0.2) is 0 Å². The predicted molar refractivity (Wildman–Crippen MR) is 90.1 cm³/mol. The SMILES string of the molecule is Cc1cccc(CCC(=O)NCc2ccc3c(c2)CC(=O)N3)c1. The van der Waals surface area contributed by atoms with Crippen LogP contribution >= 0.6 is 0 Å². The number of fused-ring (bicyclic) bond motifs is 1. The molecule has 3 rings (SSSR count). The van der Waals surface area contributed by atoms with Crippen molar-refractivity contribution in [2.75, 3.05) is 5.32 Å². The number of benzene rings is 2. The molecule has 0 atom stereocenters. The number of rotatable bonds is 5. The second-order valence-electron chi connectivity index (χ2n) is 5.98. The summed E-state index contributed by atoms with van der Waals surface area (Å²) in [6.07, 6.45) is 1.65. The summed E-state index contributed by atoms with van der Waals surface area (Å²) in [4.78, 5) is 23.3. The van der Waals surface area contributed by atoms with E-state index in [-0.39, 0.29) is 11.8 Å². The van der Waals surface area contributed by atoms with Gasteiger partial charge in [0.2, 0.25) is 11.8 Å². The maximum absolute atomic E-state index is 12.0. The molecule has 0 spiro atoms. The molecule has 2 amide bonds. The summed E-state index contributed by atoms with van der Waals surface area (Å²) >= 11 is 0. The summed E-state index contributed by atoms with van der Waals surface area (Å²) in [6, 6.07) is 14.0. The summed E-state index contributed by atoms with van der Waals surface area (Å²) in [7, 11) is 0. The van der Waals surface area contributed by atoms with Gasteiger partial charge < -0.3 is 10.6 Å². The Hall–Kier alpha value is -2.62. The van der Waals surface area contributed by atoms with Crippen LogP contribution in [0, 0.1) is 6.92 Å². The Morgan fingerprint density at radius 3 is 2.87 bits per heavy atom. The van der Waals surface area contributed by atoms with Crippen molar-refractivity contribution < 1.29 is 9.59 Å². The van der Waals surface area contributed by atoms with Crippen molar-refractivity contribution in [3.63, 3.8) is 0 Å². The summed E-state index contributed by atoms with van der Waals surface area (Å²) in [6.45, 7) is 2.55. The van der Waals surface area contributed by atoms with Crippen LogP contribution in [0.4, 0.5) is 5.69 Å². The van der Waals surface area contributed by atoms with Crippen LogP contribution in [0.2, 0.25) is 0 Å². The van der Waals surface area contributed by atoms with Gasteiger partial charge in [-0.1, -0.05) is 42.0 Å². The number of hydrogen-bond donors (Lipinski definition) is 2. The highest BCUT2D eigenvalue weighted by Crippen LogP contribution is 2.23. The van der Waals surface area contributed by atoms with Crippen LogP contribution in [0.5, 0.6) is 0 Å². The van der Waals surface area contributed by atoms with Crippen LogP contribution < -0.4 is 10.6 Å². The van der Waals surface area contributed by atoms with Crippen LogP contribution in [0.1, 0.15) is 28.7 Å². The maximum Gasteiger partial charge on any atom is 0.228 e. The van der Waals surface area contributed by atoms with Gasteiger partial charge in [-0.15, -0.1) is 0 Å². The topological polar surface area (TPSA) is 58.2 Å². The first-order valence-corrected chi connectivity index (χ1v) is 7.84. The number of aryl methyl sites for hydroxylation is 2. The minimum absolute atomic E-state index is 0.0272. The van der Waals surface area contributed by atoms with Crippen molar-refractivity contribution in [1.29, 1.82) is 0 Å². The standard InChI is InChI=1S/C19H20N2O2/c1-13-3-2-4-14(9-13)6-8-18(22)20-12-15-5-7-17-16(10-15)11-19(23)21-17/h2-5,7,9-10H,6,8,11-12H2,1H3,(H,20,22)(H,21,23). The summed E-state index contributed by atoms with van der Waals surface area (Å²) in [5.74, 6) is 0.0700. The van der Waals surface area contributed by atoms with E-state index in [0.29, 0.717) is 19.4 Å². The highest BCUT2D eigenvalue weighted by molar-refractivity contribution is 5.99. The van der Waals surface area contributed by atoms with Gasteiger partial charge in [0.05, 0.1) is 6.42 Å². The zero-order valence-corrected chi connectivity index (χ0v) is 13.2. The van der Waals surface area contributed by atoms with Crippen molar-refractivity contribution in [2.24, 2.45) is 0 Å². The molecule has 0 radical (unpaired) electrons. The van der Waals surface area contributed by atoms with E-state index in [2.05, 4.69) is 29.7 Å². The van der Waals surface area contributed by atoms with Crippen LogP contribution in [-0.2, 0) is 29.0 Å². The zero-order chi connectivity index (χ0) is 16.2. The highest BCUT2D eigenvalue weighted by Gasteiger charge is 2.17. The predicted octanol–water partition coefficient (Wildman–Crippen LogP) is 2.74. The smallest absolute Gasteiger partial charge is 0.228 e. The molecule has 2 aromatic rings. The molecule has 0 unspecified atom stereocenters. The lowest BCUT2D eigenvalue weighted by atomic mass is 10.1. The van der Waals surface area contributed by atoms with Crippen molar-refractivity contribution in [1.82, 2.24) is 5.32 Å². The summed E-state index contributed by atoms with van der Waals surface area (Å²) in [5.41, 5.74) is 5.29. The molecule has 4 heteroatoms. The van der Waals surface area contributed by atoms with E-state index in [4.69, 9.17) is 0 Å². The van der Waals surface area contributed by atoms with Crippen LogP contribution in [0.25, 0.3) is 0 Å². The highest BCUT2D eigenvalue weighted by atomic mass is 16.2. The lowest BCUT2D eigenvalue weighted by Crippen LogP contribution is -2.23. The number of nitrogens with one attached hydrogen (secondary N) is 2. The van der Waals surface area contributed by atoms with E-state index >= 15 is 0 Å². The first-order valence-electron chi connectivity index (χ1n) is 7.84. The van der Waals surface area contributed by atoms with Gasteiger partial charge in [0.25, 0.3) is 0 Å². The Bertz CT molecular complexity index is 753. The molecule has 0 aromatic heterocycles. The van der Waals surface area contributed by atoms with Crippen molar-refractivity contribution in [3.8, 4) is 0 Å². The Kier molecular flexibility index (Phi) is 4.42. The monoisotopic (exact) mass is 308 g/mol. The Labute approximate surface area is 135 Å². The zero-order valence-electron chi connectivity index (χ0n) is 13.2. The van der Waals surface area contributed by atoms with Crippen LogP contribution in [0.15, 0.2) is 42.5 Å². The maximum atomic E-state index is 12.0. The third-order valence-corrected chi connectivity index (χ3v) is 4.01. The molecule has 2 N–H and O–H groups in total. The van der Waals surface area contributed by atoms with E-state index in [1.54, 1.807) is 0 Å². The minimum Gasteiger partial charge on any atom is -0.352 e. The fourth-order valence-corrected chi connectivity index (χ4v) is 2.81. The molecule has 0 aliphatic carbocycles. The number of amides is 2. The molecular weight excluding hydrogens is 288 g/mol. The number of hydrogen-bond acceptors (Lipinski definition) is 2. The fourth-order valence-electron chi connectivity index (χ4n) is 2.81. The Balaban J connectivity index is 1.49. The first-order chi connectivity index (χ1) is 11.1. The van der Waals surface area contributed by atoms with Crippen LogP contribution in [-0.4, -0.2) is 11.8 Å². The molecule has 23 heavy (non-hydrogen) atoms. The second kappa shape index (κ2) is 6.65. The van der Waals surface area contributed by atoms with Gasteiger partial charge in [-0.25, -0.2) is 0 Å². The van der Waals surface area contributed by atoms with Gasteiger partial charge in [-0.2, -0.15) is 0 Å². The second-order valence-corrected chi connectivity index (χ2v) is 5.98. The molecule has 0 saturated carbocycles. The third-order valence-electron chi connectivity index (χ3n) is 4.01. The molecule has 1 aliphatic rings. The Morgan fingerprint density at radius 2 is 2.04 bits per heavy atom. The van der Waals surface area contributed by atoms with Gasteiger partial charge in [0, 0.05) is 18.7 Å². The molecule has 4 nitrogen and oxygen atoms in total. The number of carbonyl (C=O) groups is 2. The third kappa shape index (κ3) is 3.97. The van der Waals surface area contributed by atoms with Gasteiger partial charge >= 0.3 is 0 Å². The molecule has 118 valence electrons. The van der Waals surface area contributed by atoms with E-state index in [9.17, 15) is 9.59 Å². The average Bonchev–Trinajstić information content (AvgIpc) is 2.90. The van der Waals surface area contributed by atoms with Gasteiger partial charge in [0.1, 0.15) is 0 Å². The minimum atomic E-state index is 0.0272. The Morgan fingerprint density at radius 1 is 1.17 bits per heavy atom. The summed E-state index contributed by atoms with van der Waals surface area (Å²) in [5, 5.41) is 5.75. The van der Waals surface area contributed by atoms with Crippen molar-refractivity contribution >= 4 is 17.5 Å². The van der Waals surface area contributed by atoms with Crippen molar-refractivity contribution in [2.45, 2.75) is 32.7 Å². The molecule has 0 bridgehead atoms. The summed E-state index contributed by atoms with van der Waals surface area (Å²) < 4.78 is 0. The van der Waals surface area contributed by atoms with Gasteiger partial charge in [-0.3, -0.25) is 9.59 Å². The lowest BCUT2D eigenvalue weighted by Gasteiger charge is -2.07. The van der Waals surface area contributed by atoms with E-state index in [0.717, 1.165) is 23.2 Å². The average molecular weight is 308 g/mol. The quantitative estimate of drug-likeness (QED) is 0.892. The molecule has 1 heterocycles. The number of carbonyl (C=O) groups excluding carboxylic acids is 2. The van der Waals surface area contributed by atoms with Crippen molar-refractivity contribution in [3.05, 3.63) is 64.7 Å². The number of anilines is 1. The molecule has 1 aliphatic heterocycles. The molecule has 0 fully saturated rings. The van der Waals surface area contributed by atoms with Gasteiger partial charge in [-0.05, 0) is 36.1 Å². The van der Waals surface area contributed by atoms with E-state index in [1.165, 1.54) is 11.1 Å². The molecule has 2 aromatic carbocycles. The van der Waals surface area contributed by atoms with E-state index in [1.807, 2.05) is 30.3 Å². The van der Waals surface area contributed by atoms with Crippen LogP contribution in [0.3, 0.4) is 0 Å². The molecule has 0 saturated heterocycles. The fraction of sp³-hybridized carbons (Fsp3) is 0.263.